The Labute approximate surface area is 228 Å². The molecule has 1 heterocycles. The van der Waals surface area contributed by atoms with Crippen molar-refractivity contribution >= 4 is 11.6 Å². The van der Waals surface area contributed by atoms with E-state index in [4.69, 9.17) is 4.74 Å². The first-order valence-corrected chi connectivity index (χ1v) is 13.4. The van der Waals surface area contributed by atoms with Crippen LogP contribution in [0.1, 0.15) is 57.2 Å². The number of benzene rings is 4. The molecular formula is C35H29NO3. The molecule has 1 aliphatic carbocycles. The maximum Gasteiger partial charge on any atom is 0.196 e. The number of nitrogens with zero attached hydrogens (tertiary/aromatic N) is 1. The Morgan fingerprint density at radius 1 is 0.641 bits per heavy atom. The zero-order chi connectivity index (χ0) is 26.9. The van der Waals surface area contributed by atoms with Gasteiger partial charge in [-0.2, -0.15) is 0 Å². The Kier molecular flexibility index (Phi) is 6.45. The topological polar surface area (TPSA) is 48.3 Å². The summed E-state index contributed by atoms with van der Waals surface area (Å²) >= 11 is 0. The second-order valence-electron chi connectivity index (χ2n) is 9.85. The Balaban J connectivity index is 1.70. The van der Waals surface area contributed by atoms with Crippen molar-refractivity contribution in [3.63, 3.8) is 0 Å². The number of ether oxygens (including phenoxy) is 1. The van der Waals surface area contributed by atoms with E-state index in [1.54, 1.807) is 19.2 Å². The summed E-state index contributed by atoms with van der Waals surface area (Å²) in [7, 11) is 1.64. The average molecular weight is 512 g/mol. The number of unbranched alkanes of at least 4 members (excludes halogenated alkanes) is 1. The fourth-order valence-corrected chi connectivity index (χ4v) is 5.51. The lowest BCUT2D eigenvalue weighted by Gasteiger charge is -2.16. The van der Waals surface area contributed by atoms with Gasteiger partial charge < -0.3 is 9.30 Å². The molecule has 4 heteroatoms. The number of hydrogen-bond acceptors (Lipinski definition) is 3. The third-order valence-electron chi connectivity index (χ3n) is 7.47. The standard InChI is InChI=1S/C35H29NO3/c1-3-4-10-23-15-17-25(18-16-23)33-31-30(34(37)28-13-8-9-14-29(28)35(31)38)32(24-11-6-5-7-12-24)36(33)26-19-21-27(39-2)22-20-26/h5-9,11-22H,3-4,10H2,1-2H3. The van der Waals surface area contributed by atoms with Gasteiger partial charge in [0.1, 0.15) is 5.75 Å². The Bertz CT molecular complexity index is 1680. The maximum absolute atomic E-state index is 14.2. The number of ketones is 2. The monoisotopic (exact) mass is 511 g/mol. The van der Waals surface area contributed by atoms with E-state index in [1.807, 2.05) is 66.7 Å². The van der Waals surface area contributed by atoms with Crippen molar-refractivity contribution in [1.29, 1.82) is 0 Å². The zero-order valence-electron chi connectivity index (χ0n) is 22.1. The number of hydrogen-bond donors (Lipinski definition) is 0. The molecule has 0 atom stereocenters. The maximum atomic E-state index is 14.2. The minimum absolute atomic E-state index is 0.130. The molecule has 0 saturated carbocycles. The minimum Gasteiger partial charge on any atom is -0.497 e. The predicted octanol–water partition coefficient (Wildman–Crippen LogP) is 7.94. The summed E-state index contributed by atoms with van der Waals surface area (Å²) in [5, 5.41) is 0. The summed E-state index contributed by atoms with van der Waals surface area (Å²) in [6.45, 7) is 2.19. The summed E-state index contributed by atoms with van der Waals surface area (Å²) in [6.07, 6.45) is 3.26. The van der Waals surface area contributed by atoms with Gasteiger partial charge >= 0.3 is 0 Å². The van der Waals surface area contributed by atoms with E-state index in [0.29, 0.717) is 27.9 Å². The molecular weight excluding hydrogens is 482 g/mol. The molecule has 39 heavy (non-hydrogen) atoms. The van der Waals surface area contributed by atoms with E-state index in [-0.39, 0.29) is 11.6 Å². The summed E-state index contributed by atoms with van der Waals surface area (Å²) in [6, 6.07) is 33.1. The van der Waals surface area contributed by atoms with Gasteiger partial charge in [-0.3, -0.25) is 9.59 Å². The fourth-order valence-electron chi connectivity index (χ4n) is 5.51. The summed E-state index contributed by atoms with van der Waals surface area (Å²) in [5.74, 6) is 0.472. The summed E-state index contributed by atoms with van der Waals surface area (Å²) in [5.41, 5.74) is 7.11. The van der Waals surface area contributed by atoms with E-state index >= 15 is 0 Å². The van der Waals surface area contributed by atoms with Crippen LogP contribution < -0.4 is 4.74 Å². The predicted molar refractivity (Wildman–Crippen MR) is 155 cm³/mol. The molecule has 4 aromatic carbocycles. The number of methoxy groups -OCH3 is 1. The van der Waals surface area contributed by atoms with Crippen LogP contribution in [0.3, 0.4) is 0 Å². The quantitative estimate of drug-likeness (QED) is 0.219. The highest BCUT2D eigenvalue weighted by Crippen LogP contribution is 2.44. The highest BCUT2D eigenvalue weighted by Gasteiger charge is 2.39. The van der Waals surface area contributed by atoms with Crippen LogP contribution in [-0.2, 0) is 6.42 Å². The lowest BCUT2D eigenvalue weighted by atomic mass is 9.82. The van der Waals surface area contributed by atoms with E-state index in [0.717, 1.165) is 47.5 Å². The van der Waals surface area contributed by atoms with Gasteiger partial charge in [-0.25, -0.2) is 0 Å². The number of carbonyl (C=O) groups excluding carboxylic acids is 2. The van der Waals surface area contributed by atoms with Crippen molar-refractivity contribution in [3.05, 3.63) is 131 Å². The average Bonchev–Trinajstić information content (AvgIpc) is 3.36. The van der Waals surface area contributed by atoms with E-state index in [1.165, 1.54) is 5.56 Å². The van der Waals surface area contributed by atoms with E-state index in [9.17, 15) is 9.59 Å². The van der Waals surface area contributed by atoms with Gasteiger partial charge in [-0.15, -0.1) is 0 Å². The van der Waals surface area contributed by atoms with E-state index < -0.39 is 0 Å². The molecule has 0 fully saturated rings. The van der Waals surface area contributed by atoms with Crippen molar-refractivity contribution in [3.8, 4) is 34.0 Å². The van der Waals surface area contributed by atoms with Crippen LogP contribution in [0.25, 0.3) is 28.2 Å². The smallest absolute Gasteiger partial charge is 0.196 e. The minimum atomic E-state index is -0.132. The molecule has 0 spiro atoms. The molecule has 5 aromatic rings. The molecule has 0 amide bonds. The second kappa shape index (κ2) is 10.2. The van der Waals surface area contributed by atoms with Gasteiger partial charge in [-0.05, 0) is 53.8 Å². The Morgan fingerprint density at radius 3 is 1.72 bits per heavy atom. The molecule has 0 unspecified atom stereocenters. The van der Waals surface area contributed by atoms with Gasteiger partial charge in [0.25, 0.3) is 0 Å². The SMILES string of the molecule is CCCCc1ccc(-c2c3c(c(-c4ccccc4)n2-c2ccc(OC)cc2)C(=O)c2ccccc2C3=O)cc1. The highest BCUT2D eigenvalue weighted by atomic mass is 16.5. The zero-order valence-corrected chi connectivity index (χ0v) is 22.1. The first-order valence-electron chi connectivity index (χ1n) is 13.4. The van der Waals surface area contributed by atoms with Crippen LogP contribution >= 0.6 is 0 Å². The van der Waals surface area contributed by atoms with Crippen molar-refractivity contribution in [2.24, 2.45) is 0 Å². The van der Waals surface area contributed by atoms with Crippen LogP contribution in [0.15, 0.2) is 103 Å². The normalized spacial score (nSPS) is 12.3. The number of aryl methyl sites for hydroxylation is 1. The fraction of sp³-hybridized carbons (Fsp3) is 0.143. The number of fused-ring (bicyclic) bond motifs is 2. The molecule has 0 aliphatic heterocycles. The summed E-state index contributed by atoms with van der Waals surface area (Å²) in [4.78, 5) is 28.4. The Hall–Kier alpha value is -4.70. The van der Waals surface area contributed by atoms with Gasteiger partial charge in [0, 0.05) is 16.8 Å². The molecule has 0 radical (unpaired) electrons. The van der Waals surface area contributed by atoms with E-state index in [2.05, 4.69) is 35.8 Å². The largest absolute Gasteiger partial charge is 0.497 e. The Morgan fingerprint density at radius 2 is 1.18 bits per heavy atom. The van der Waals surface area contributed by atoms with Gasteiger partial charge in [0.2, 0.25) is 0 Å². The number of aromatic nitrogens is 1. The lowest BCUT2D eigenvalue weighted by molar-refractivity contribution is 0.0981. The third kappa shape index (κ3) is 4.18. The molecule has 1 aromatic heterocycles. The van der Waals surface area contributed by atoms with Crippen LogP contribution in [0.2, 0.25) is 0 Å². The summed E-state index contributed by atoms with van der Waals surface area (Å²) < 4.78 is 7.49. The van der Waals surface area contributed by atoms with Crippen molar-refractivity contribution in [2.75, 3.05) is 7.11 Å². The van der Waals surface area contributed by atoms with Crippen LogP contribution in [0.5, 0.6) is 5.75 Å². The second-order valence-corrected chi connectivity index (χ2v) is 9.85. The number of rotatable bonds is 7. The van der Waals surface area contributed by atoms with Crippen LogP contribution in [0.4, 0.5) is 0 Å². The first-order chi connectivity index (χ1) is 19.1. The van der Waals surface area contributed by atoms with Gasteiger partial charge in [0.05, 0.1) is 29.6 Å². The molecule has 0 saturated heterocycles. The number of carbonyl (C=O) groups is 2. The van der Waals surface area contributed by atoms with Crippen molar-refractivity contribution in [1.82, 2.24) is 4.57 Å². The van der Waals surface area contributed by atoms with Crippen LogP contribution in [-0.4, -0.2) is 23.2 Å². The van der Waals surface area contributed by atoms with Gasteiger partial charge in [-0.1, -0.05) is 92.2 Å². The first kappa shape index (κ1) is 24.6. The molecule has 0 bridgehead atoms. The molecule has 4 nitrogen and oxygen atoms in total. The van der Waals surface area contributed by atoms with Gasteiger partial charge in [0.15, 0.2) is 11.6 Å². The lowest BCUT2D eigenvalue weighted by Crippen LogP contribution is -2.20. The molecule has 192 valence electrons. The van der Waals surface area contributed by atoms with Crippen LogP contribution in [0, 0.1) is 0 Å². The molecule has 6 rings (SSSR count). The molecule has 1 aliphatic rings. The van der Waals surface area contributed by atoms with Crippen molar-refractivity contribution < 1.29 is 14.3 Å². The highest BCUT2D eigenvalue weighted by molar-refractivity contribution is 6.32. The third-order valence-corrected chi connectivity index (χ3v) is 7.47. The molecule has 0 N–H and O–H groups in total. The van der Waals surface area contributed by atoms with Crippen molar-refractivity contribution in [2.45, 2.75) is 26.2 Å².